The van der Waals surface area contributed by atoms with E-state index in [0.717, 1.165) is 5.75 Å². The van der Waals surface area contributed by atoms with Gasteiger partial charge in [-0.15, -0.1) is 0 Å². The van der Waals surface area contributed by atoms with Gasteiger partial charge in [0.1, 0.15) is 18.2 Å². The molecule has 4 heteroatoms. The number of ether oxygens (including phenoxy) is 1. The third kappa shape index (κ3) is 3.96. The Kier molecular flexibility index (Phi) is 4.75. The standard InChI is InChI=1S/C15H16FNO2/c16-14-8-4-5-9-15(14)17-12(10-18)11-19-13-6-2-1-3-7-13/h1-9,12,17-18H,10-11H2/t12-/m1/s1. The van der Waals surface area contributed by atoms with E-state index in [2.05, 4.69) is 5.32 Å². The van der Waals surface area contributed by atoms with Crippen molar-refractivity contribution in [3.05, 3.63) is 60.4 Å². The van der Waals surface area contributed by atoms with Crippen molar-refractivity contribution >= 4 is 5.69 Å². The molecule has 3 nitrogen and oxygen atoms in total. The summed E-state index contributed by atoms with van der Waals surface area (Å²) in [5.74, 6) is 0.372. The van der Waals surface area contributed by atoms with Crippen LogP contribution in [0.2, 0.25) is 0 Å². The average Bonchev–Trinajstić information content (AvgIpc) is 2.46. The van der Waals surface area contributed by atoms with Crippen molar-refractivity contribution in [2.75, 3.05) is 18.5 Å². The first-order valence-corrected chi connectivity index (χ1v) is 6.09. The molecule has 0 aromatic heterocycles. The number of aliphatic hydroxyl groups is 1. The molecule has 0 spiro atoms. The molecule has 0 saturated carbocycles. The van der Waals surface area contributed by atoms with E-state index in [9.17, 15) is 9.50 Å². The van der Waals surface area contributed by atoms with E-state index in [1.165, 1.54) is 6.07 Å². The third-order valence-electron chi connectivity index (χ3n) is 2.65. The Morgan fingerprint density at radius 2 is 1.74 bits per heavy atom. The maximum atomic E-state index is 13.5. The summed E-state index contributed by atoms with van der Waals surface area (Å²) in [6, 6.07) is 15.3. The molecule has 0 aliphatic carbocycles. The molecule has 2 rings (SSSR count). The van der Waals surface area contributed by atoms with Gasteiger partial charge in [-0.2, -0.15) is 0 Å². The minimum Gasteiger partial charge on any atom is -0.491 e. The molecule has 0 aliphatic heterocycles. The highest BCUT2D eigenvalue weighted by molar-refractivity contribution is 5.45. The highest BCUT2D eigenvalue weighted by atomic mass is 19.1. The molecular weight excluding hydrogens is 245 g/mol. The zero-order chi connectivity index (χ0) is 13.5. The number of hydrogen-bond acceptors (Lipinski definition) is 3. The minimum absolute atomic E-state index is 0.138. The molecule has 0 saturated heterocycles. The van der Waals surface area contributed by atoms with Crippen molar-refractivity contribution in [2.24, 2.45) is 0 Å². The van der Waals surface area contributed by atoms with Crippen molar-refractivity contribution in [1.29, 1.82) is 0 Å². The second-order valence-electron chi connectivity index (χ2n) is 4.13. The van der Waals surface area contributed by atoms with E-state index in [1.807, 2.05) is 30.3 Å². The maximum Gasteiger partial charge on any atom is 0.146 e. The first-order valence-electron chi connectivity index (χ1n) is 6.09. The number of anilines is 1. The predicted octanol–water partition coefficient (Wildman–Crippen LogP) is 2.68. The normalized spacial score (nSPS) is 11.9. The van der Waals surface area contributed by atoms with Gasteiger partial charge in [-0.25, -0.2) is 4.39 Å². The summed E-state index contributed by atoms with van der Waals surface area (Å²) < 4.78 is 19.0. The number of hydrogen-bond donors (Lipinski definition) is 2. The molecular formula is C15H16FNO2. The van der Waals surface area contributed by atoms with Gasteiger partial charge in [0.15, 0.2) is 0 Å². The molecule has 0 fully saturated rings. The molecule has 2 aromatic carbocycles. The second-order valence-corrected chi connectivity index (χ2v) is 4.13. The van der Waals surface area contributed by atoms with Crippen LogP contribution in [-0.2, 0) is 0 Å². The Hall–Kier alpha value is -2.07. The van der Waals surface area contributed by atoms with E-state index in [1.54, 1.807) is 18.2 Å². The van der Waals surface area contributed by atoms with Crippen LogP contribution in [0.3, 0.4) is 0 Å². The number of halogens is 1. The second kappa shape index (κ2) is 6.75. The lowest BCUT2D eigenvalue weighted by Gasteiger charge is -2.18. The zero-order valence-corrected chi connectivity index (χ0v) is 10.4. The Bertz CT molecular complexity index is 505. The van der Waals surface area contributed by atoms with Gasteiger partial charge in [0, 0.05) is 0 Å². The molecule has 1 atom stereocenters. The van der Waals surface area contributed by atoms with Crippen LogP contribution in [0.25, 0.3) is 0 Å². The van der Waals surface area contributed by atoms with Gasteiger partial charge in [0.25, 0.3) is 0 Å². The van der Waals surface area contributed by atoms with E-state index in [0.29, 0.717) is 5.69 Å². The van der Waals surface area contributed by atoms with E-state index in [-0.39, 0.29) is 25.1 Å². The molecule has 19 heavy (non-hydrogen) atoms. The number of rotatable bonds is 6. The number of benzene rings is 2. The highest BCUT2D eigenvalue weighted by Crippen LogP contribution is 2.14. The Labute approximate surface area is 111 Å². The first-order chi connectivity index (χ1) is 9.29. The molecule has 0 aliphatic rings. The fourth-order valence-electron chi connectivity index (χ4n) is 1.65. The third-order valence-corrected chi connectivity index (χ3v) is 2.65. The van der Waals surface area contributed by atoms with Gasteiger partial charge < -0.3 is 15.2 Å². The molecule has 0 heterocycles. The lowest BCUT2D eigenvalue weighted by molar-refractivity contribution is 0.216. The molecule has 100 valence electrons. The van der Waals surface area contributed by atoms with Gasteiger partial charge in [0.2, 0.25) is 0 Å². The summed E-state index contributed by atoms with van der Waals surface area (Å²) in [4.78, 5) is 0. The average molecular weight is 261 g/mol. The van der Waals surface area contributed by atoms with Crippen LogP contribution in [-0.4, -0.2) is 24.4 Å². The Morgan fingerprint density at radius 1 is 1.05 bits per heavy atom. The summed E-state index contributed by atoms with van der Waals surface area (Å²) >= 11 is 0. The SMILES string of the molecule is OC[C@H](COc1ccccc1)Nc1ccccc1F. The predicted molar refractivity (Wildman–Crippen MR) is 72.8 cm³/mol. The first kappa shape index (κ1) is 13.4. The van der Waals surface area contributed by atoms with Gasteiger partial charge in [-0.1, -0.05) is 30.3 Å². The van der Waals surface area contributed by atoms with Crippen molar-refractivity contribution in [2.45, 2.75) is 6.04 Å². The van der Waals surface area contributed by atoms with Crippen molar-refractivity contribution < 1.29 is 14.2 Å². The van der Waals surface area contributed by atoms with Crippen LogP contribution in [0.1, 0.15) is 0 Å². The Balaban J connectivity index is 1.92. The minimum atomic E-state index is -0.364. The van der Waals surface area contributed by atoms with Crippen LogP contribution in [0.15, 0.2) is 54.6 Å². The van der Waals surface area contributed by atoms with E-state index < -0.39 is 0 Å². The van der Waals surface area contributed by atoms with Crippen LogP contribution < -0.4 is 10.1 Å². The molecule has 0 unspecified atom stereocenters. The van der Waals surface area contributed by atoms with Crippen molar-refractivity contribution in [3.63, 3.8) is 0 Å². The van der Waals surface area contributed by atoms with E-state index in [4.69, 9.17) is 4.74 Å². The maximum absolute atomic E-state index is 13.5. The fourth-order valence-corrected chi connectivity index (χ4v) is 1.65. The van der Waals surface area contributed by atoms with Crippen molar-refractivity contribution in [3.8, 4) is 5.75 Å². The molecule has 2 N–H and O–H groups in total. The van der Waals surface area contributed by atoms with Gasteiger partial charge in [-0.05, 0) is 24.3 Å². The summed E-state index contributed by atoms with van der Waals surface area (Å²) in [6.45, 7) is 0.121. The largest absolute Gasteiger partial charge is 0.491 e. The summed E-state index contributed by atoms with van der Waals surface area (Å²) in [5, 5.41) is 12.2. The Morgan fingerprint density at radius 3 is 2.42 bits per heavy atom. The highest BCUT2D eigenvalue weighted by Gasteiger charge is 2.10. The molecule has 2 aromatic rings. The van der Waals surface area contributed by atoms with Crippen LogP contribution >= 0.6 is 0 Å². The summed E-state index contributed by atoms with van der Waals surface area (Å²) in [6.07, 6.45) is 0. The quantitative estimate of drug-likeness (QED) is 0.840. The summed E-state index contributed by atoms with van der Waals surface area (Å²) in [7, 11) is 0. The smallest absolute Gasteiger partial charge is 0.146 e. The number of aliphatic hydroxyl groups excluding tert-OH is 1. The van der Waals surface area contributed by atoms with Gasteiger partial charge >= 0.3 is 0 Å². The van der Waals surface area contributed by atoms with Gasteiger partial charge in [0.05, 0.1) is 18.3 Å². The van der Waals surface area contributed by atoms with E-state index >= 15 is 0 Å². The summed E-state index contributed by atoms with van der Waals surface area (Å²) in [5.41, 5.74) is 0.359. The molecule has 0 amide bonds. The molecule has 0 radical (unpaired) electrons. The fraction of sp³-hybridized carbons (Fsp3) is 0.200. The van der Waals surface area contributed by atoms with Crippen molar-refractivity contribution in [1.82, 2.24) is 0 Å². The lowest BCUT2D eigenvalue weighted by Crippen LogP contribution is -2.31. The van der Waals surface area contributed by atoms with Crippen LogP contribution in [0.4, 0.5) is 10.1 Å². The monoisotopic (exact) mass is 261 g/mol. The number of nitrogens with one attached hydrogen (secondary N) is 1. The van der Waals surface area contributed by atoms with Crippen LogP contribution in [0, 0.1) is 5.82 Å². The van der Waals surface area contributed by atoms with Gasteiger partial charge in [-0.3, -0.25) is 0 Å². The number of para-hydroxylation sites is 2. The molecule has 0 bridgehead atoms. The zero-order valence-electron chi connectivity index (χ0n) is 10.4. The lowest BCUT2D eigenvalue weighted by atomic mass is 10.2. The topological polar surface area (TPSA) is 41.5 Å². The van der Waals surface area contributed by atoms with Crippen LogP contribution in [0.5, 0.6) is 5.75 Å².